The number of hydrazine groups is 1. The van der Waals surface area contributed by atoms with Crippen molar-refractivity contribution in [2.24, 2.45) is 11.8 Å². The van der Waals surface area contributed by atoms with Gasteiger partial charge in [-0.3, -0.25) is 4.79 Å². The fourth-order valence-corrected chi connectivity index (χ4v) is 1.91. The van der Waals surface area contributed by atoms with E-state index in [1.165, 1.54) is 12.8 Å². The first-order valence-corrected chi connectivity index (χ1v) is 5.79. The number of nitrogen functional groups attached to an aromatic ring is 1. The van der Waals surface area contributed by atoms with Gasteiger partial charge in [0.2, 0.25) is 0 Å². The monoisotopic (exact) mass is 234 g/mol. The molecule has 0 saturated heterocycles. The van der Waals surface area contributed by atoms with E-state index < -0.39 is 0 Å². The van der Waals surface area contributed by atoms with E-state index >= 15 is 0 Å². The maximum absolute atomic E-state index is 12.0. The third-order valence-corrected chi connectivity index (χ3v) is 3.16. The van der Waals surface area contributed by atoms with Gasteiger partial charge in [0, 0.05) is 5.54 Å². The van der Waals surface area contributed by atoms with Crippen LogP contribution in [0.2, 0.25) is 0 Å². The molecule has 1 amide bonds. The van der Waals surface area contributed by atoms with Gasteiger partial charge >= 0.3 is 0 Å². The summed E-state index contributed by atoms with van der Waals surface area (Å²) in [6.45, 7) is 4.10. The molecule has 1 aromatic heterocycles. The Kier molecular flexibility index (Phi) is 3.02. The highest BCUT2D eigenvalue weighted by atomic mass is 16.2. The third kappa shape index (κ3) is 2.74. The van der Waals surface area contributed by atoms with E-state index in [0.29, 0.717) is 17.4 Å². The number of amides is 1. The quantitative estimate of drug-likeness (QED) is 0.541. The molecule has 1 aliphatic rings. The van der Waals surface area contributed by atoms with Crippen LogP contribution in [0.5, 0.6) is 0 Å². The second kappa shape index (κ2) is 4.33. The molecule has 1 heterocycles. The van der Waals surface area contributed by atoms with Gasteiger partial charge in [0.05, 0.1) is 0 Å². The Hall–Kier alpha value is -1.62. The molecule has 0 aromatic carbocycles. The Balaban J connectivity index is 2.08. The maximum Gasteiger partial charge on any atom is 0.270 e. The van der Waals surface area contributed by atoms with Crippen molar-refractivity contribution in [2.75, 3.05) is 5.43 Å². The summed E-state index contributed by atoms with van der Waals surface area (Å²) >= 11 is 0. The van der Waals surface area contributed by atoms with Gasteiger partial charge in [-0.25, -0.2) is 10.8 Å². The van der Waals surface area contributed by atoms with Crippen molar-refractivity contribution in [2.45, 2.75) is 32.2 Å². The zero-order chi connectivity index (χ0) is 12.5. The van der Waals surface area contributed by atoms with Gasteiger partial charge in [-0.2, -0.15) is 0 Å². The normalized spacial score (nSPS) is 15.5. The summed E-state index contributed by atoms with van der Waals surface area (Å²) in [7, 11) is 0. The Morgan fingerprint density at radius 2 is 2.18 bits per heavy atom. The molecule has 1 aromatic rings. The fourth-order valence-electron chi connectivity index (χ4n) is 1.91. The molecule has 2 rings (SSSR count). The summed E-state index contributed by atoms with van der Waals surface area (Å²) in [6.07, 6.45) is 2.37. The molecule has 0 radical (unpaired) electrons. The first-order valence-electron chi connectivity index (χ1n) is 5.79. The average Bonchev–Trinajstić information content (AvgIpc) is 3.12. The van der Waals surface area contributed by atoms with Gasteiger partial charge in [-0.15, -0.1) is 0 Å². The van der Waals surface area contributed by atoms with Gasteiger partial charge in [0.25, 0.3) is 5.91 Å². The van der Waals surface area contributed by atoms with Crippen molar-refractivity contribution in [3.63, 3.8) is 0 Å². The summed E-state index contributed by atoms with van der Waals surface area (Å²) in [5, 5.41) is 3.02. The number of nitrogens with two attached hydrogens (primary N) is 1. The van der Waals surface area contributed by atoms with Crippen molar-refractivity contribution < 1.29 is 4.79 Å². The van der Waals surface area contributed by atoms with Crippen molar-refractivity contribution in [3.8, 4) is 0 Å². The summed E-state index contributed by atoms with van der Waals surface area (Å²) in [5.74, 6) is 6.18. The minimum Gasteiger partial charge on any atom is -0.346 e. The molecule has 1 aliphatic carbocycles. The van der Waals surface area contributed by atoms with Crippen LogP contribution in [0.15, 0.2) is 18.2 Å². The zero-order valence-corrected chi connectivity index (χ0v) is 10.2. The molecule has 0 atom stereocenters. The first kappa shape index (κ1) is 11.9. The smallest absolute Gasteiger partial charge is 0.270 e. The Morgan fingerprint density at radius 3 is 2.76 bits per heavy atom. The number of pyridine rings is 1. The number of hydrogen-bond donors (Lipinski definition) is 3. The minimum absolute atomic E-state index is 0.154. The Morgan fingerprint density at radius 1 is 1.47 bits per heavy atom. The summed E-state index contributed by atoms with van der Waals surface area (Å²) < 4.78 is 0. The van der Waals surface area contributed by atoms with Crippen LogP contribution < -0.4 is 16.6 Å². The van der Waals surface area contributed by atoms with E-state index in [9.17, 15) is 4.79 Å². The third-order valence-electron chi connectivity index (χ3n) is 3.16. The van der Waals surface area contributed by atoms with Gasteiger partial charge in [0.1, 0.15) is 11.5 Å². The minimum atomic E-state index is -0.162. The SMILES string of the molecule is CC(C)(NC(=O)c1cccc(NN)n1)C1CC1. The number of nitrogens with one attached hydrogen (secondary N) is 2. The number of aromatic nitrogens is 1. The lowest BCUT2D eigenvalue weighted by Gasteiger charge is -2.25. The number of hydrogen-bond acceptors (Lipinski definition) is 4. The van der Waals surface area contributed by atoms with E-state index in [4.69, 9.17) is 5.84 Å². The van der Waals surface area contributed by atoms with Crippen LogP contribution in [-0.4, -0.2) is 16.4 Å². The standard InChI is InChI=1S/C12H18N4O/c1-12(2,8-6-7-8)15-11(17)9-4-3-5-10(14-9)16-13/h3-5,8H,6-7,13H2,1-2H3,(H,14,16)(H,15,17). The van der Waals surface area contributed by atoms with Gasteiger partial charge in [-0.05, 0) is 44.7 Å². The largest absolute Gasteiger partial charge is 0.346 e. The van der Waals surface area contributed by atoms with Crippen LogP contribution in [-0.2, 0) is 0 Å². The van der Waals surface area contributed by atoms with Gasteiger partial charge in [0.15, 0.2) is 0 Å². The van der Waals surface area contributed by atoms with E-state index in [1.807, 2.05) is 13.8 Å². The van der Waals surface area contributed by atoms with Crippen LogP contribution in [0.25, 0.3) is 0 Å². The number of rotatable bonds is 4. The van der Waals surface area contributed by atoms with E-state index in [2.05, 4.69) is 15.7 Å². The highest BCUT2D eigenvalue weighted by Gasteiger charge is 2.38. The molecule has 0 unspecified atom stereocenters. The fraction of sp³-hybridized carbons (Fsp3) is 0.500. The number of nitrogens with zero attached hydrogens (tertiary/aromatic N) is 1. The maximum atomic E-state index is 12.0. The number of carbonyl (C=O) groups excluding carboxylic acids is 1. The van der Waals surface area contributed by atoms with Crippen LogP contribution in [0, 0.1) is 5.92 Å². The van der Waals surface area contributed by atoms with Crippen LogP contribution in [0.4, 0.5) is 5.82 Å². The lowest BCUT2D eigenvalue weighted by molar-refractivity contribution is 0.0898. The molecule has 0 aliphatic heterocycles. The van der Waals surface area contributed by atoms with Crippen LogP contribution in [0.3, 0.4) is 0 Å². The summed E-state index contributed by atoms with van der Waals surface area (Å²) in [5.41, 5.74) is 2.65. The van der Waals surface area contributed by atoms with Crippen molar-refractivity contribution in [1.29, 1.82) is 0 Å². The summed E-state index contributed by atoms with van der Waals surface area (Å²) in [4.78, 5) is 16.1. The van der Waals surface area contributed by atoms with E-state index in [0.717, 1.165) is 0 Å². The van der Waals surface area contributed by atoms with E-state index in [1.54, 1.807) is 18.2 Å². The topological polar surface area (TPSA) is 80.0 Å². The predicted molar refractivity (Wildman–Crippen MR) is 66.3 cm³/mol. The molecular weight excluding hydrogens is 216 g/mol. The highest BCUT2D eigenvalue weighted by Crippen LogP contribution is 2.39. The van der Waals surface area contributed by atoms with Crippen molar-refractivity contribution in [3.05, 3.63) is 23.9 Å². The Labute approximate surface area is 101 Å². The van der Waals surface area contributed by atoms with E-state index in [-0.39, 0.29) is 11.4 Å². The average molecular weight is 234 g/mol. The molecule has 17 heavy (non-hydrogen) atoms. The molecule has 5 heteroatoms. The first-order chi connectivity index (χ1) is 8.03. The molecular formula is C12H18N4O. The van der Waals surface area contributed by atoms with Gasteiger partial charge < -0.3 is 10.7 Å². The van der Waals surface area contributed by atoms with Crippen LogP contribution >= 0.6 is 0 Å². The predicted octanol–water partition coefficient (Wildman–Crippen LogP) is 1.29. The molecule has 1 saturated carbocycles. The van der Waals surface area contributed by atoms with Gasteiger partial charge in [-0.1, -0.05) is 6.07 Å². The Bertz CT molecular complexity index is 426. The molecule has 0 bridgehead atoms. The molecule has 5 nitrogen and oxygen atoms in total. The van der Waals surface area contributed by atoms with Crippen molar-refractivity contribution in [1.82, 2.24) is 10.3 Å². The second-order valence-electron chi connectivity index (χ2n) is 5.00. The number of anilines is 1. The highest BCUT2D eigenvalue weighted by molar-refractivity contribution is 5.93. The number of carbonyl (C=O) groups is 1. The summed E-state index contributed by atoms with van der Waals surface area (Å²) in [6, 6.07) is 5.14. The lowest BCUT2D eigenvalue weighted by atomic mass is 9.98. The molecule has 1 fully saturated rings. The second-order valence-corrected chi connectivity index (χ2v) is 5.00. The lowest BCUT2D eigenvalue weighted by Crippen LogP contribution is -2.45. The molecule has 0 spiro atoms. The van der Waals surface area contributed by atoms with Crippen molar-refractivity contribution >= 4 is 11.7 Å². The molecule has 4 N–H and O–H groups in total. The molecule has 92 valence electrons. The zero-order valence-electron chi connectivity index (χ0n) is 10.2. The van der Waals surface area contributed by atoms with Crippen LogP contribution in [0.1, 0.15) is 37.2 Å².